The fraction of sp³-hybridized carbons (Fsp3) is 0.632. The molecule has 1 aliphatic heterocycles. The Hall–Kier alpha value is -1.43. The number of rotatable bonds is 6. The van der Waals surface area contributed by atoms with E-state index < -0.39 is 0 Å². The minimum absolute atomic E-state index is 0.0235. The lowest BCUT2D eigenvalue weighted by Gasteiger charge is -2.33. The fourth-order valence-corrected chi connectivity index (χ4v) is 3.05. The van der Waals surface area contributed by atoms with Gasteiger partial charge >= 0.3 is 0 Å². The summed E-state index contributed by atoms with van der Waals surface area (Å²) in [6.07, 6.45) is 0.179. The van der Waals surface area contributed by atoms with E-state index in [0.29, 0.717) is 13.2 Å². The molecule has 1 aromatic carbocycles. The molecular weight excluding hydrogens is 302 g/mol. The molecule has 1 amide bonds. The van der Waals surface area contributed by atoms with Crippen LogP contribution in [0.3, 0.4) is 0 Å². The van der Waals surface area contributed by atoms with E-state index in [1.54, 1.807) is 0 Å². The number of hydrogen-bond donors (Lipinski definition) is 1. The highest BCUT2D eigenvalue weighted by molar-refractivity contribution is 5.78. The zero-order chi connectivity index (χ0) is 17.7. The van der Waals surface area contributed by atoms with Gasteiger partial charge in [-0.15, -0.1) is 0 Å². The summed E-state index contributed by atoms with van der Waals surface area (Å²) in [5, 5.41) is 3.11. The molecule has 1 saturated heterocycles. The van der Waals surface area contributed by atoms with Crippen LogP contribution in [-0.4, -0.2) is 68.7 Å². The Morgan fingerprint density at radius 1 is 1.38 bits per heavy atom. The molecule has 1 fully saturated rings. The average molecular weight is 333 g/mol. The monoisotopic (exact) mass is 333 g/mol. The van der Waals surface area contributed by atoms with Crippen LogP contribution < -0.4 is 5.32 Å². The molecule has 0 spiro atoms. The van der Waals surface area contributed by atoms with E-state index in [4.69, 9.17) is 4.74 Å². The van der Waals surface area contributed by atoms with E-state index in [0.717, 1.165) is 25.2 Å². The second kappa shape index (κ2) is 8.60. The Morgan fingerprint density at radius 2 is 2.12 bits per heavy atom. The van der Waals surface area contributed by atoms with E-state index in [1.807, 2.05) is 21.0 Å². The number of benzene rings is 1. The van der Waals surface area contributed by atoms with Crippen LogP contribution in [0.1, 0.15) is 29.7 Å². The molecule has 0 aromatic heterocycles. The Morgan fingerprint density at radius 3 is 2.79 bits per heavy atom. The summed E-state index contributed by atoms with van der Waals surface area (Å²) in [5.41, 5.74) is 3.68. The Balaban J connectivity index is 1.84. The number of amides is 1. The van der Waals surface area contributed by atoms with Crippen molar-refractivity contribution in [3.63, 3.8) is 0 Å². The lowest BCUT2D eigenvalue weighted by Crippen LogP contribution is -2.49. The number of hydrogen-bond acceptors (Lipinski definition) is 4. The number of likely N-dealkylation sites (N-methyl/N-ethyl adjacent to an activating group) is 1. The van der Waals surface area contributed by atoms with Crippen molar-refractivity contribution in [3.05, 3.63) is 34.9 Å². The highest BCUT2D eigenvalue weighted by atomic mass is 16.5. The first-order valence-electron chi connectivity index (χ1n) is 8.70. The molecule has 1 aromatic rings. The van der Waals surface area contributed by atoms with Gasteiger partial charge in [0.1, 0.15) is 0 Å². The molecule has 1 N–H and O–H groups in total. The van der Waals surface area contributed by atoms with Crippen molar-refractivity contribution in [1.82, 2.24) is 15.1 Å². The first-order chi connectivity index (χ1) is 11.3. The highest BCUT2D eigenvalue weighted by Crippen LogP contribution is 2.16. The van der Waals surface area contributed by atoms with Gasteiger partial charge in [-0.05, 0) is 51.6 Å². The van der Waals surface area contributed by atoms with E-state index in [2.05, 4.69) is 47.2 Å². The third-order valence-corrected chi connectivity index (χ3v) is 4.57. The number of ether oxygens (including phenoxy) is 1. The molecule has 1 aliphatic rings. The van der Waals surface area contributed by atoms with Crippen LogP contribution in [0.5, 0.6) is 0 Å². The quantitative estimate of drug-likeness (QED) is 0.861. The van der Waals surface area contributed by atoms with E-state index in [-0.39, 0.29) is 18.1 Å². The first-order valence-corrected chi connectivity index (χ1v) is 8.70. The van der Waals surface area contributed by atoms with E-state index in [9.17, 15) is 4.79 Å². The number of carbonyl (C=O) groups is 1. The molecule has 0 bridgehead atoms. The van der Waals surface area contributed by atoms with Gasteiger partial charge in [-0.25, -0.2) is 0 Å². The molecular formula is C19H31N3O2. The van der Waals surface area contributed by atoms with Crippen LogP contribution in [0.2, 0.25) is 0 Å². The Labute approximate surface area is 146 Å². The SMILES string of the molecule is Cc1ccc([C@H](C)NC(=O)CN2CCO[C@H](CN(C)C)C2)cc1C. The van der Waals surface area contributed by atoms with E-state index in [1.165, 1.54) is 11.1 Å². The predicted molar refractivity (Wildman–Crippen MR) is 97.2 cm³/mol. The molecule has 5 heteroatoms. The van der Waals surface area contributed by atoms with Crippen LogP contribution in [0.25, 0.3) is 0 Å². The van der Waals surface area contributed by atoms with Gasteiger partial charge in [-0.3, -0.25) is 9.69 Å². The molecule has 0 saturated carbocycles. The van der Waals surface area contributed by atoms with Gasteiger partial charge in [-0.2, -0.15) is 0 Å². The maximum atomic E-state index is 12.4. The van der Waals surface area contributed by atoms with Gasteiger partial charge in [0.2, 0.25) is 5.91 Å². The van der Waals surface area contributed by atoms with Crippen molar-refractivity contribution < 1.29 is 9.53 Å². The van der Waals surface area contributed by atoms with Crippen LogP contribution in [0.4, 0.5) is 0 Å². The van der Waals surface area contributed by atoms with Gasteiger partial charge in [0.05, 0.1) is 25.3 Å². The summed E-state index contributed by atoms with van der Waals surface area (Å²) >= 11 is 0. The molecule has 2 atom stereocenters. The number of morpholine rings is 1. The molecule has 0 aliphatic carbocycles. The summed E-state index contributed by atoms with van der Waals surface area (Å²) < 4.78 is 5.76. The lowest BCUT2D eigenvalue weighted by molar-refractivity contribution is -0.125. The Bertz CT molecular complexity index is 560. The van der Waals surface area contributed by atoms with Gasteiger partial charge in [-0.1, -0.05) is 18.2 Å². The van der Waals surface area contributed by atoms with E-state index >= 15 is 0 Å². The number of nitrogens with one attached hydrogen (secondary N) is 1. The van der Waals surface area contributed by atoms with Gasteiger partial charge in [0.25, 0.3) is 0 Å². The third-order valence-electron chi connectivity index (χ3n) is 4.57. The maximum Gasteiger partial charge on any atom is 0.234 e. The molecule has 134 valence electrons. The van der Waals surface area contributed by atoms with Gasteiger partial charge in [0, 0.05) is 19.6 Å². The summed E-state index contributed by atoms with van der Waals surface area (Å²) in [7, 11) is 4.08. The van der Waals surface area contributed by atoms with Crippen molar-refractivity contribution >= 4 is 5.91 Å². The fourth-order valence-electron chi connectivity index (χ4n) is 3.05. The molecule has 2 rings (SSSR count). The minimum Gasteiger partial charge on any atom is -0.374 e. The second-order valence-electron chi connectivity index (χ2n) is 7.12. The highest BCUT2D eigenvalue weighted by Gasteiger charge is 2.23. The Kier molecular flexibility index (Phi) is 6.78. The van der Waals surface area contributed by atoms with Crippen LogP contribution in [0, 0.1) is 13.8 Å². The predicted octanol–water partition coefficient (Wildman–Crippen LogP) is 1.74. The lowest BCUT2D eigenvalue weighted by atomic mass is 10.0. The van der Waals surface area contributed by atoms with Crippen LogP contribution in [0.15, 0.2) is 18.2 Å². The van der Waals surface area contributed by atoms with Crippen molar-refractivity contribution in [1.29, 1.82) is 0 Å². The van der Waals surface area contributed by atoms with Crippen molar-refractivity contribution in [3.8, 4) is 0 Å². The number of nitrogens with zero attached hydrogens (tertiary/aromatic N) is 2. The van der Waals surface area contributed by atoms with Gasteiger partial charge < -0.3 is 15.0 Å². The number of carbonyl (C=O) groups excluding carboxylic acids is 1. The summed E-state index contributed by atoms with van der Waals surface area (Å²) in [6.45, 7) is 9.88. The van der Waals surface area contributed by atoms with Crippen LogP contribution >= 0.6 is 0 Å². The summed E-state index contributed by atoms with van der Waals surface area (Å²) in [4.78, 5) is 16.7. The summed E-state index contributed by atoms with van der Waals surface area (Å²) in [5.74, 6) is 0.0752. The minimum atomic E-state index is 0.0235. The normalized spacial score (nSPS) is 20.2. The van der Waals surface area contributed by atoms with Gasteiger partial charge in [0.15, 0.2) is 0 Å². The molecule has 5 nitrogen and oxygen atoms in total. The molecule has 24 heavy (non-hydrogen) atoms. The number of aryl methyl sites for hydroxylation is 2. The van der Waals surface area contributed by atoms with Crippen molar-refractivity contribution in [2.45, 2.75) is 32.9 Å². The third kappa shape index (κ3) is 5.58. The van der Waals surface area contributed by atoms with Crippen LogP contribution in [-0.2, 0) is 9.53 Å². The maximum absolute atomic E-state index is 12.4. The van der Waals surface area contributed by atoms with Crippen molar-refractivity contribution in [2.75, 3.05) is 46.9 Å². The van der Waals surface area contributed by atoms with Crippen molar-refractivity contribution in [2.24, 2.45) is 0 Å². The first kappa shape index (κ1) is 18.9. The average Bonchev–Trinajstić information content (AvgIpc) is 2.49. The second-order valence-corrected chi connectivity index (χ2v) is 7.12. The zero-order valence-electron chi connectivity index (χ0n) is 15.6. The largest absolute Gasteiger partial charge is 0.374 e. The summed E-state index contributed by atoms with van der Waals surface area (Å²) in [6, 6.07) is 6.38. The topological polar surface area (TPSA) is 44.8 Å². The zero-order valence-corrected chi connectivity index (χ0v) is 15.6. The smallest absolute Gasteiger partial charge is 0.234 e. The molecule has 0 unspecified atom stereocenters. The molecule has 0 radical (unpaired) electrons. The molecule has 1 heterocycles. The standard InChI is InChI=1S/C19H31N3O2/c1-14-6-7-17(10-15(14)2)16(3)20-19(23)13-22-8-9-24-18(12-22)11-21(4)5/h6-7,10,16,18H,8-9,11-13H2,1-5H3,(H,20,23)/t16-,18+/m0/s1.